The topological polar surface area (TPSA) is 58.4 Å². The van der Waals surface area contributed by atoms with Crippen molar-refractivity contribution in [3.63, 3.8) is 0 Å². The summed E-state index contributed by atoms with van der Waals surface area (Å²) >= 11 is 0. The second-order valence-corrected chi connectivity index (χ2v) is 3.47. The van der Waals surface area contributed by atoms with Crippen molar-refractivity contribution in [2.45, 2.75) is 32.1 Å². The van der Waals surface area contributed by atoms with E-state index in [4.69, 9.17) is 5.73 Å². The predicted octanol–water partition coefficient (Wildman–Crippen LogP) is 0.242. The van der Waals surface area contributed by atoms with Gasteiger partial charge in [-0.15, -0.1) is 0 Å². The van der Waals surface area contributed by atoms with Crippen molar-refractivity contribution in [3.05, 3.63) is 0 Å². The van der Waals surface area contributed by atoms with Crippen molar-refractivity contribution < 1.29 is 4.79 Å². The van der Waals surface area contributed by atoms with Gasteiger partial charge in [0.2, 0.25) is 5.91 Å². The summed E-state index contributed by atoms with van der Waals surface area (Å²) in [5.41, 5.74) is 8.21. The summed E-state index contributed by atoms with van der Waals surface area (Å²) in [4.78, 5) is 11.3. The number of nitrogens with two attached hydrogens (primary N) is 1. The first kappa shape index (κ1) is 10.5. The van der Waals surface area contributed by atoms with E-state index in [1.165, 1.54) is 19.3 Å². The lowest BCUT2D eigenvalue weighted by molar-refractivity contribution is -0.126. The minimum Gasteiger partial charge on any atom is -0.330 e. The Morgan fingerprint density at radius 2 is 2.00 bits per heavy atom. The summed E-state index contributed by atoms with van der Waals surface area (Å²) < 4.78 is 0. The van der Waals surface area contributed by atoms with E-state index in [1.807, 2.05) is 5.01 Å². The Labute approximate surface area is 79.4 Å². The van der Waals surface area contributed by atoms with E-state index in [-0.39, 0.29) is 5.91 Å². The number of hydrazine groups is 1. The van der Waals surface area contributed by atoms with E-state index >= 15 is 0 Å². The van der Waals surface area contributed by atoms with Crippen LogP contribution in [-0.4, -0.2) is 30.6 Å². The molecule has 3 N–H and O–H groups in total. The van der Waals surface area contributed by atoms with E-state index in [2.05, 4.69) is 5.43 Å². The maximum atomic E-state index is 11.3. The highest BCUT2D eigenvalue weighted by atomic mass is 16.2. The van der Waals surface area contributed by atoms with Crippen LogP contribution in [0.5, 0.6) is 0 Å². The lowest BCUT2D eigenvalue weighted by Gasteiger charge is -2.26. The average Bonchev–Trinajstić information content (AvgIpc) is 2.16. The largest absolute Gasteiger partial charge is 0.330 e. The summed E-state index contributed by atoms with van der Waals surface area (Å²) in [6.07, 6.45) is 5.00. The number of nitrogens with one attached hydrogen (secondary N) is 1. The molecule has 0 saturated carbocycles. The zero-order valence-corrected chi connectivity index (χ0v) is 8.09. The van der Waals surface area contributed by atoms with E-state index < -0.39 is 0 Å². The molecule has 1 fully saturated rings. The SMILES string of the molecule is NCCCC(=O)NN1CCCCC1. The Morgan fingerprint density at radius 3 is 2.62 bits per heavy atom. The molecule has 1 saturated heterocycles. The van der Waals surface area contributed by atoms with Gasteiger partial charge in [0.15, 0.2) is 0 Å². The van der Waals surface area contributed by atoms with Gasteiger partial charge >= 0.3 is 0 Å². The molecule has 1 amide bonds. The Balaban J connectivity index is 2.11. The highest BCUT2D eigenvalue weighted by molar-refractivity contribution is 5.75. The van der Waals surface area contributed by atoms with Crippen molar-refractivity contribution in [1.82, 2.24) is 10.4 Å². The molecule has 1 aliphatic heterocycles. The zero-order valence-electron chi connectivity index (χ0n) is 8.09. The molecule has 1 aliphatic rings. The summed E-state index contributed by atoms with van der Waals surface area (Å²) in [6, 6.07) is 0. The van der Waals surface area contributed by atoms with Gasteiger partial charge in [0.1, 0.15) is 0 Å². The molecule has 4 heteroatoms. The maximum Gasteiger partial charge on any atom is 0.234 e. The van der Waals surface area contributed by atoms with Crippen molar-refractivity contribution in [2.24, 2.45) is 5.73 Å². The fourth-order valence-electron chi connectivity index (χ4n) is 1.50. The number of piperidine rings is 1. The number of carbonyl (C=O) groups is 1. The van der Waals surface area contributed by atoms with Gasteiger partial charge in [-0.2, -0.15) is 0 Å². The van der Waals surface area contributed by atoms with Crippen LogP contribution in [0.15, 0.2) is 0 Å². The third-order valence-corrected chi connectivity index (χ3v) is 2.25. The van der Waals surface area contributed by atoms with Gasteiger partial charge in [-0.3, -0.25) is 10.2 Å². The van der Waals surface area contributed by atoms with E-state index in [1.54, 1.807) is 0 Å². The molecule has 0 aromatic rings. The first-order valence-corrected chi connectivity index (χ1v) is 5.07. The number of rotatable bonds is 4. The van der Waals surface area contributed by atoms with E-state index in [0.29, 0.717) is 13.0 Å². The third kappa shape index (κ3) is 4.24. The molecule has 1 heterocycles. The molecule has 0 atom stereocenters. The van der Waals surface area contributed by atoms with E-state index in [9.17, 15) is 4.79 Å². The average molecular weight is 185 g/mol. The Morgan fingerprint density at radius 1 is 1.31 bits per heavy atom. The second kappa shape index (κ2) is 5.94. The van der Waals surface area contributed by atoms with Crippen LogP contribution in [0.1, 0.15) is 32.1 Å². The molecular formula is C9H19N3O. The van der Waals surface area contributed by atoms with Crippen LogP contribution in [0.4, 0.5) is 0 Å². The molecule has 0 aromatic heterocycles. The van der Waals surface area contributed by atoms with Gasteiger partial charge in [-0.25, -0.2) is 5.01 Å². The third-order valence-electron chi connectivity index (χ3n) is 2.25. The number of amides is 1. The molecule has 0 unspecified atom stereocenters. The Hall–Kier alpha value is -0.610. The molecule has 0 aliphatic carbocycles. The number of carbonyl (C=O) groups excluding carboxylic acids is 1. The standard InChI is InChI=1S/C9H19N3O/c10-6-4-5-9(13)11-12-7-2-1-3-8-12/h1-8,10H2,(H,11,13). The normalized spacial score (nSPS) is 18.5. The molecule has 0 radical (unpaired) electrons. The molecule has 1 rings (SSSR count). The van der Waals surface area contributed by atoms with Crippen molar-refractivity contribution in [2.75, 3.05) is 19.6 Å². The first-order valence-electron chi connectivity index (χ1n) is 5.07. The molecule has 0 bridgehead atoms. The number of hydrogen-bond donors (Lipinski definition) is 2. The van der Waals surface area contributed by atoms with Gasteiger partial charge in [0.25, 0.3) is 0 Å². The summed E-state index contributed by atoms with van der Waals surface area (Å²) in [5, 5.41) is 2.02. The Bertz CT molecular complexity index is 155. The van der Waals surface area contributed by atoms with Crippen molar-refractivity contribution in [3.8, 4) is 0 Å². The monoisotopic (exact) mass is 185 g/mol. The lowest BCUT2D eigenvalue weighted by Crippen LogP contribution is -2.45. The van der Waals surface area contributed by atoms with Crippen LogP contribution in [0.2, 0.25) is 0 Å². The minimum atomic E-state index is 0.104. The second-order valence-electron chi connectivity index (χ2n) is 3.47. The smallest absolute Gasteiger partial charge is 0.234 e. The fraction of sp³-hybridized carbons (Fsp3) is 0.889. The van der Waals surface area contributed by atoms with Crippen LogP contribution in [-0.2, 0) is 4.79 Å². The Kier molecular flexibility index (Phi) is 4.78. The zero-order chi connectivity index (χ0) is 9.52. The van der Waals surface area contributed by atoms with Crippen LogP contribution in [0.25, 0.3) is 0 Å². The van der Waals surface area contributed by atoms with Crippen molar-refractivity contribution in [1.29, 1.82) is 0 Å². The fourth-order valence-corrected chi connectivity index (χ4v) is 1.50. The summed E-state index contributed by atoms with van der Waals surface area (Å²) in [5.74, 6) is 0.104. The van der Waals surface area contributed by atoms with Gasteiger partial charge in [0.05, 0.1) is 0 Å². The molecular weight excluding hydrogens is 166 g/mol. The van der Waals surface area contributed by atoms with Gasteiger partial charge in [-0.05, 0) is 25.8 Å². The highest BCUT2D eigenvalue weighted by Crippen LogP contribution is 2.05. The molecule has 0 spiro atoms. The minimum absolute atomic E-state index is 0.104. The summed E-state index contributed by atoms with van der Waals surface area (Å²) in [7, 11) is 0. The number of hydrogen-bond acceptors (Lipinski definition) is 3. The molecule has 4 nitrogen and oxygen atoms in total. The highest BCUT2D eigenvalue weighted by Gasteiger charge is 2.11. The van der Waals surface area contributed by atoms with Crippen LogP contribution < -0.4 is 11.2 Å². The van der Waals surface area contributed by atoms with Crippen LogP contribution in [0.3, 0.4) is 0 Å². The van der Waals surface area contributed by atoms with Gasteiger partial charge in [-0.1, -0.05) is 6.42 Å². The predicted molar refractivity (Wildman–Crippen MR) is 51.9 cm³/mol. The first-order chi connectivity index (χ1) is 6.33. The quantitative estimate of drug-likeness (QED) is 0.659. The van der Waals surface area contributed by atoms with Gasteiger partial charge in [0, 0.05) is 19.5 Å². The van der Waals surface area contributed by atoms with E-state index in [0.717, 1.165) is 19.5 Å². The molecule has 0 aromatic carbocycles. The molecule has 76 valence electrons. The molecule has 13 heavy (non-hydrogen) atoms. The maximum absolute atomic E-state index is 11.3. The summed E-state index contributed by atoms with van der Waals surface area (Å²) in [6.45, 7) is 2.58. The van der Waals surface area contributed by atoms with Gasteiger partial charge < -0.3 is 5.73 Å². The lowest BCUT2D eigenvalue weighted by atomic mass is 10.2. The van der Waals surface area contributed by atoms with Crippen LogP contribution >= 0.6 is 0 Å². The van der Waals surface area contributed by atoms with Crippen LogP contribution in [0, 0.1) is 0 Å². The number of nitrogens with zero attached hydrogens (tertiary/aromatic N) is 1. The van der Waals surface area contributed by atoms with Crippen molar-refractivity contribution >= 4 is 5.91 Å².